The van der Waals surface area contributed by atoms with Gasteiger partial charge in [0, 0.05) is 54.9 Å². The minimum atomic E-state index is -0.463. The Morgan fingerprint density at radius 2 is 2.12 bits per heavy atom. The fraction of sp³-hybridized carbons (Fsp3) is 0.333. The molecule has 3 aromatic rings. The summed E-state index contributed by atoms with van der Waals surface area (Å²) in [5.41, 5.74) is 2.09. The first-order chi connectivity index (χ1) is 15.8. The summed E-state index contributed by atoms with van der Waals surface area (Å²) in [5, 5.41) is 7.02. The molecule has 1 aromatic carbocycles. The largest absolute Gasteiger partial charge is 0.339 e. The first kappa shape index (κ1) is 23.1. The number of benzene rings is 1. The Balaban J connectivity index is 1.72. The molecular formula is C24H26ClFN6O. The third-order valence-electron chi connectivity index (χ3n) is 5.57. The number of nitrogens with zero attached hydrogens (tertiary/aromatic N) is 4. The minimum Gasteiger partial charge on any atom is -0.339 e. The van der Waals surface area contributed by atoms with Crippen LogP contribution in [0.2, 0.25) is 5.02 Å². The zero-order valence-electron chi connectivity index (χ0n) is 18.8. The van der Waals surface area contributed by atoms with Crippen LogP contribution in [-0.2, 0) is 0 Å². The molecular weight excluding hydrogens is 443 g/mol. The Hall–Kier alpha value is -3.10. The van der Waals surface area contributed by atoms with Gasteiger partial charge in [-0.1, -0.05) is 25.4 Å². The molecule has 3 heterocycles. The number of aromatic nitrogens is 3. The monoisotopic (exact) mass is 468 g/mol. The molecule has 0 aliphatic carbocycles. The van der Waals surface area contributed by atoms with E-state index in [4.69, 9.17) is 11.6 Å². The highest BCUT2D eigenvalue weighted by Crippen LogP contribution is 2.30. The summed E-state index contributed by atoms with van der Waals surface area (Å²) < 4.78 is 14.5. The van der Waals surface area contributed by atoms with Crippen molar-refractivity contribution in [1.82, 2.24) is 25.2 Å². The lowest BCUT2D eigenvalue weighted by atomic mass is 10.1. The van der Waals surface area contributed by atoms with Crippen molar-refractivity contribution < 1.29 is 9.18 Å². The van der Waals surface area contributed by atoms with Gasteiger partial charge in [0.15, 0.2) is 5.82 Å². The molecule has 2 aromatic heterocycles. The van der Waals surface area contributed by atoms with Gasteiger partial charge in [0.25, 0.3) is 5.91 Å². The van der Waals surface area contributed by atoms with Crippen molar-refractivity contribution in [3.8, 4) is 11.4 Å². The van der Waals surface area contributed by atoms with Crippen molar-refractivity contribution in [2.75, 3.05) is 25.0 Å². The third kappa shape index (κ3) is 5.12. The van der Waals surface area contributed by atoms with Crippen LogP contribution in [0.5, 0.6) is 0 Å². The van der Waals surface area contributed by atoms with E-state index in [-0.39, 0.29) is 29.3 Å². The number of rotatable bonds is 5. The minimum absolute atomic E-state index is 0.0970. The lowest BCUT2D eigenvalue weighted by molar-refractivity contribution is 0.0709. The van der Waals surface area contributed by atoms with Crippen LogP contribution in [-0.4, -0.2) is 51.4 Å². The van der Waals surface area contributed by atoms with Crippen molar-refractivity contribution in [3.05, 3.63) is 64.8 Å². The number of piperazine rings is 1. The van der Waals surface area contributed by atoms with Gasteiger partial charge in [-0.2, -0.15) is 0 Å². The molecule has 0 radical (unpaired) electrons. The normalized spacial score (nSPS) is 16.2. The van der Waals surface area contributed by atoms with Crippen LogP contribution in [0.3, 0.4) is 0 Å². The number of halogens is 2. The standard InChI is InChI=1S/C24H26ClFN6O/c1-14(2)18-12-29-22(17-10-16(25)4-5-20(17)26)31-23(18)30-21-6-7-27-11-19(21)24(33)32-9-8-28-15(3)13-32/h4-7,10-12,14-15,28H,8-9,13H2,1-3H3,(H,27,29,30,31)/t15-/m1/s1. The Bertz CT molecular complexity index is 1170. The Morgan fingerprint density at radius 1 is 1.30 bits per heavy atom. The van der Waals surface area contributed by atoms with E-state index in [0.717, 1.165) is 12.1 Å². The molecule has 7 nitrogen and oxygen atoms in total. The number of amides is 1. The van der Waals surface area contributed by atoms with Gasteiger partial charge in [-0.3, -0.25) is 9.78 Å². The maximum atomic E-state index is 14.5. The van der Waals surface area contributed by atoms with Gasteiger partial charge in [-0.25, -0.2) is 14.4 Å². The van der Waals surface area contributed by atoms with Gasteiger partial charge in [0.05, 0.1) is 16.8 Å². The molecule has 172 valence electrons. The first-order valence-electron chi connectivity index (χ1n) is 10.9. The third-order valence-corrected chi connectivity index (χ3v) is 5.80. The highest BCUT2D eigenvalue weighted by molar-refractivity contribution is 6.30. The molecule has 0 saturated carbocycles. The van der Waals surface area contributed by atoms with Crippen LogP contribution in [0.15, 0.2) is 42.9 Å². The van der Waals surface area contributed by atoms with Crippen molar-refractivity contribution in [3.63, 3.8) is 0 Å². The van der Waals surface area contributed by atoms with Gasteiger partial charge in [0.1, 0.15) is 11.6 Å². The van der Waals surface area contributed by atoms with Crippen LogP contribution < -0.4 is 10.6 Å². The van der Waals surface area contributed by atoms with Gasteiger partial charge in [0.2, 0.25) is 0 Å². The molecule has 9 heteroatoms. The number of carbonyl (C=O) groups is 1. The SMILES string of the molecule is CC(C)c1cnc(-c2cc(Cl)ccc2F)nc1Nc1ccncc1C(=O)N1CCN[C@H](C)C1. The van der Waals surface area contributed by atoms with Crippen LogP contribution in [0.25, 0.3) is 11.4 Å². The van der Waals surface area contributed by atoms with Crippen LogP contribution in [0.1, 0.15) is 42.6 Å². The molecule has 1 aliphatic rings. The van der Waals surface area contributed by atoms with Gasteiger partial charge < -0.3 is 15.5 Å². The second kappa shape index (κ2) is 9.80. The quantitative estimate of drug-likeness (QED) is 0.568. The Kier molecular flexibility index (Phi) is 6.85. The maximum Gasteiger partial charge on any atom is 0.257 e. The molecule has 1 aliphatic heterocycles. The fourth-order valence-corrected chi connectivity index (χ4v) is 3.97. The van der Waals surface area contributed by atoms with E-state index < -0.39 is 5.82 Å². The van der Waals surface area contributed by atoms with E-state index in [1.54, 1.807) is 24.7 Å². The Morgan fingerprint density at radius 3 is 2.88 bits per heavy atom. The van der Waals surface area contributed by atoms with Gasteiger partial charge in [-0.05, 0) is 37.1 Å². The number of nitrogens with one attached hydrogen (secondary N) is 2. The van der Waals surface area contributed by atoms with Crippen molar-refractivity contribution in [2.45, 2.75) is 32.7 Å². The lowest BCUT2D eigenvalue weighted by Crippen LogP contribution is -2.51. The molecule has 0 bridgehead atoms. The summed E-state index contributed by atoms with van der Waals surface area (Å²) in [4.78, 5) is 28.2. The molecule has 2 N–H and O–H groups in total. The van der Waals surface area contributed by atoms with Crippen molar-refractivity contribution >= 4 is 29.0 Å². The number of hydrogen-bond donors (Lipinski definition) is 2. The van der Waals surface area contributed by atoms with E-state index in [1.165, 1.54) is 18.2 Å². The van der Waals surface area contributed by atoms with Gasteiger partial charge in [-0.15, -0.1) is 0 Å². The fourth-order valence-electron chi connectivity index (χ4n) is 3.80. The number of pyridine rings is 1. The van der Waals surface area contributed by atoms with Crippen LogP contribution >= 0.6 is 11.6 Å². The number of anilines is 2. The zero-order valence-corrected chi connectivity index (χ0v) is 19.5. The maximum absolute atomic E-state index is 14.5. The number of hydrogen-bond acceptors (Lipinski definition) is 6. The molecule has 1 amide bonds. The average molecular weight is 469 g/mol. The van der Waals surface area contributed by atoms with E-state index in [9.17, 15) is 9.18 Å². The first-order valence-corrected chi connectivity index (χ1v) is 11.3. The summed E-state index contributed by atoms with van der Waals surface area (Å²) in [6.45, 7) is 8.08. The summed E-state index contributed by atoms with van der Waals surface area (Å²) in [7, 11) is 0. The van der Waals surface area contributed by atoms with E-state index in [2.05, 4.69) is 25.6 Å². The zero-order chi connectivity index (χ0) is 23.5. The van der Waals surface area contributed by atoms with Crippen LogP contribution in [0, 0.1) is 5.82 Å². The molecule has 0 spiro atoms. The predicted octanol–water partition coefficient (Wildman–Crippen LogP) is 4.63. The molecule has 33 heavy (non-hydrogen) atoms. The summed E-state index contributed by atoms with van der Waals surface area (Å²) in [6.07, 6.45) is 4.86. The summed E-state index contributed by atoms with van der Waals surface area (Å²) in [5.74, 6) is 0.249. The van der Waals surface area contributed by atoms with E-state index in [0.29, 0.717) is 35.2 Å². The Labute approximate surface area is 197 Å². The topological polar surface area (TPSA) is 83.0 Å². The highest BCUT2D eigenvalue weighted by Gasteiger charge is 2.24. The second-order valence-electron chi connectivity index (χ2n) is 8.43. The molecule has 1 fully saturated rings. The second-order valence-corrected chi connectivity index (χ2v) is 8.87. The smallest absolute Gasteiger partial charge is 0.257 e. The molecule has 1 atom stereocenters. The summed E-state index contributed by atoms with van der Waals surface area (Å²) in [6, 6.07) is 6.23. The van der Waals surface area contributed by atoms with Gasteiger partial charge >= 0.3 is 0 Å². The van der Waals surface area contributed by atoms with Crippen molar-refractivity contribution in [1.29, 1.82) is 0 Å². The van der Waals surface area contributed by atoms with E-state index in [1.807, 2.05) is 25.7 Å². The average Bonchev–Trinajstić information content (AvgIpc) is 2.80. The molecule has 0 unspecified atom stereocenters. The number of carbonyl (C=O) groups excluding carboxylic acids is 1. The molecule has 4 rings (SSSR count). The predicted molar refractivity (Wildman–Crippen MR) is 127 cm³/mol. The summed E-state index contributed by atoms with van der Waals surface area (Å²) >= 11 is 6.07. The van der Waals surface area contributed by atoms with Crippen molar-refractivity contribution in [2.24, 2.45) is 0 Å². The lowest BCUT2D eigenvalue weighted by Gasteiger charge is -2.32. The molecule has 1 saturated heterocycles. The van der Waals surface area contributed by atoms with E-state index >= 15 is 0 Å². The van der Waals surface area contributed by atoms with Crippen LogP contribution in [0.4, 0.5) is 15.9 Å². The highest BCUT2D eigenvalue weighted by atomic mass is 35.5.